The number of anilines is 1. The SMILES string of the molecule is O=C(NCc1ccnc(NC(=O)c2ncccc2O)c1)c1nc2ccccc2[nH]1. The van der Waals surface area contributed by atoms with Gasteiger partial charge in [0.25, 0.3) is 11.8 Å². The summed E-state index contributed by atoms with van der Waals surface area (Å²) in [6, 6.07) is 13.6. The van der Waals surface area contributed by atoms with Crippen molar-refractivity contribution in [3.05, 3.63) is 78.0 Å². The van der Waals surface area contributed by atoms with Crippen LogP contribution in [0.1, 0.15) is 26.7 Å². The number of aromatic amines is 1. The molecule has 0 aliphatic heterocycles. The Morgan fingerprint density at radius 3 is 2.69 bits per heavy atom. The molecule has 0 spiro atoms. The van der Waals surface area contributed by atoms with E-state index < -0.39 is 5.91 Å². The van der Waals surface area contributed by atoms with Crippen molar-refractivity contribution in [1.82, 2.24) is 25.3 Å². The van der Waals surface area contributed by atoms with Gasteiger partial charge in [-0.1, -0.05) is 12.1 Å². The van der Waals surface area contributed by atoms with E-state index in [0.717, 1.165) is 11.1 Å². The van der Waals surface area contributed by atoms with Gasteiger partial charge in [0, 0.05) is 18.9 Å². The first kappa shape index (κ1) is 18.1. The van der Waals surface area contributed by atoms with Crippen molar-refractivity contribution in [3.8, 4) is 5.75 Å². The molecule has 0 aliphatic rings. The molecule has 0 saturated heterocycles. The summed E-state index contributed by atoms with van der Waals surface area (Å²) in [6.07, 6.45) is 2.92. The number of aromatic hydroxyl groups is 1. The van der Waals surface area contributed by atoms with E-state index in [1.165, 1.54) is 24.5 Å². The molecule has 0 atom stereocenters. The maximum absolute atomic E-state index is 12.3. The maximum atomic E-state index is 12.3. The monoisotopic (exact) mass is 388 g/mol. The van der Waals surface area contributed by atoms with E-state index in [9.17, 15) is 14.7 Å². The van der Waals surface area contributed by atoms with Gasteiger partial charge >= 0.3 is 0 Å². The average molecular weight is 388 g/mol. The summed E-state index contributed by atoms with van der Waals surface area (Å²) in [4.78, 5) is 39.7. The van der Waals surface area contributed by atoms with E-state index in [1.54, 1.807) is 12.1 Å². The van der Waals surface area contributed by atoms with Crippen LogP contribution in [0.15, 0.2) is 60.9 Å². The van der Waals surface area contributed by atoms with Crippen LogP contribution in [0.4, 0.5) is 5.82 Å². The maximum Gasteiger partial charge on any atom is 0.287 e. The molecule has 0 unspecified atom stereocenters. The molecule has 0 fully saturated rings. The summed E-state index contributed by atoms with van der Waals surface area (Å²) in [5, 5.41) is 15.1. The van der Waals surface area contributed by atoms with Gasteiger partial charge in [-0.3, -0.25) is 9.59 Å². The summed E-state index contributed by atoms with van der Waals surface area (Å²) in [5.74, 6) is -0.657. The molecule has 2 amide bonds. The van der Waals surface area contributed by atoms with Crippen LogP contribution in [0.3, 0.4) is 0 Å². The van der Waals surface area contributed by atoms with Crippen molar-refractivity contribution in [3.63, 3.8) is 0 Å². The van der Waals surface area contributed by atoms with Gasteiger partial charge < -0.3 is 20.7 Å². The fourth-order valence-electron chi connectivity index (χ4n) is 2.73. The number of carbonyl (C=O) groups is 2. The normalized spacial score (nSPS) is 10.6. The highest BCUT2D eigenvalue weighted by Gasteiger charge is 2.14. The minimum Gasteiger partial charge on any atom is -0.505 e. The number of hydrogen-bond acceptors (Lipinski definition) is 6. The molecule has 0 aliphatic carbocycles. The lowest BCUT2D eigenvalue weighted by Gasteiger charge is -2.08. The number of nitrogens with zero attached hydrogens (tertiary/aromatic N) is 3. The molecule has 29 heavy (non-hydrogen) atoms. The summed E-state index contributed by atoms with van der Waals surface area (Å²) >= 11 is 0. The first-order valence-corrected chi connectivity index (χ1v) is 8.73. The number of amides is 2. The molecule has 3 aromatic heterocycles. The number of aromatic nitrogens is 4. The number of pyridine rings is 2. The van der Waals surface area contributed by atoms with Crippen molar-refractivity contribution in [2.45, 2.75) is 6.54 Å². The number of rotatable bonds is 5. The van der Waals surface area contributed by atoms with Gasteiger partial charge in [-0.2, -0.15) is 0 Å². The Morgan fingerprint density at radius 2 is 1.86 bits per heavy atom. The van der Waals surface area contributed by atoms with Crippen molar-refractivity contribution < 1.29 is 14.7 Å². The first-order valence-electron chi connectivity index (χ1n) is 8.73. The van der Waals surface area contributed by atoms with Gasteiger partial charge in [-0.15, -0.1) is 0 Å². The Hall–Kier alpha value is -4.27. The quantitative estimate of drug-likeness (QED) is 0.414. The summed E-state index contributed by atoms with van der Waals surface area (Å²) in [7, 11) is 0. The third-order valence-electron chi connectivity index (χ3n) is 4.12. The standard InChI is InChI=1S/C20H16N6O3/c27-15-6-3-8-22-17(15)19(28)26-16-10-12(7-9-21-16)11-23-20(29)18-24-13-4-1-2-5-14(13)25-18/h1-10,27H,11H2,(H,23,29)(H,24,25)(H,21,26,28). The molecule has 0 saturated carbocycles. The second kappa shape index (κ2) is 7.77. The Bertz CT molecular complexity index is 1170. The summed E-state index contributed by atoms with van der Waals surface area (Å²) in [6.45, 7) is 0.218. The molecular formula is C20H16N6O3. The lowest BCUT2D eigenvalue weighted by atomic mass is 10.2. The van der Waals surface area contributed by atoms with Crippen LogP contribution in [-0.2, 0) is 6.54 Å². The van der Waals surface area contributed by atoms with Crippen LogP contribution in [0.25, 0.3) is 11.0 Å². The highest BCUT2D eigenvalue weighted by atomic mass is 16.3. The van der Waals surface area contributed by atoms with Crippen LogP contribution >= 0.6 is 0 Å². The molecule has 9 heteroatoms. The van der Waals surface area contributed by atoms with Crippen LogP contribution < -0.4 is 10.6 Å². The summed E-state index contributed by atoms with van der Waals surface area (Å²) < 4.78 is 0. The minimum absolute atomic E-state index is 0.0992. The molecule has 0 radical (unpaired) electrons. The summed E-state index contributed by atoms with van der Waals surface area (Å²) in [5.41, 5.74) is 2.12. The van der Waals surface area contributed by atoms with Crippen LogP contribution in [0.2, 0.25) is 0 Å². The number of carbonyl (C=O) groups excluding carboxylic acids is 2. The van der Waals surface area contributed by atoms with E-state index >= 15 is 0 Å². The number of para-hydroxylation sites is 2. The lowest BCUT2D eigenvalue weighted by Crippen LogP contribution is -2.24. The Labute approximate surface area is 164 Å². The number of H-pyrrole nitrogens is 1. The molecule has 4 rings (SSSR count). The molecule has 4 N–H and O–H groups in total. The molecular weight excluding hydrogens is 372 g/mol. The second-order valence-electron chi connectivity index (χ2n) is 6.16. The zero-order valence-electron chi connectivity index (χ0n) is 15.1. The first-order chi connectivity index (χ1) is 14.1. The second-order valence-corrected chi connectivity index (χ2v) is 6.16. The van der Waals surface area contributed by atoms with Gasteiger partial charge in [0.15, 0.2) is 11.5 Å². The Morgan fingerprint density at radius 1 is 1.00 bits per heavy atom. The van der Waals surface area contributed by atoms with Crippen molar-refractivity contribution in [1.29, 1.82) is 0 Å². The van der Waals surface area contributed by atoms with E-state index in [1.807, 2.05) is 24.3 Å². The van der Waals surface area contributed by atoms with Crippen molar-refractivity contribution in [2.75, 3.05) is 5.32 Å². The molecule has 144 valence electrons. The van der Waals surface area contributed by atoms with Crippen LogP contribution in [-0.4, -0.2) is 36.9 Å². The predicted octanol–water partition coefficient (Wildman–Crippen LogP) is 2.24. The minimum atomic E-state index is -0.584. The smallest absolute Gasteiger partial charge is 0.287 e. The Balaban J connectivity index is 1.41. The zero-order valence-corrected chi connectivity index (χ0v) is 15.1. The van der Waals surface area contributed by atoms with Gasteiger partial charge in [0.2, 0.25) is 0 Å². The topological polar surface area (TPSA) is 133 Å². The number of benzene rings is 1. The molecule has 3 heterocycles. The molecule has 1 aromatic carbocycles. The molecule has 4 aromatic rings. The van der Waals surface area contributed by atoms with E-state index in [2.05, 4.69) is 30.6 Å². The third kappa shape index (κ3) is 4.03. The fraction of sp³-hybridized carbons (Fsp3) is 0.0500. The fourth-order valence-corrected chi connectivity index (χ4v) is 2.73. The number of fused-ring (bicyclic) bond motifs is 1. The van der Waals surface area contributed by atoms with Crippen molar-refractivity contribution in [2.24, 2.45) is 0 Å². The van der Waals surface area contributed by atoms with Crippen LogP contribution in [0, 0.1) is 0 Å². The van der Waals surface area contributed by atoms with Gasteiger partial charge in [0.05, 0.1) is 11.0 Å². The predicted molar refractivity (Wildman–Crippen MR) is 105 cm³/mol. The van der Waals surface area contributed by atoms with Gasteiger partial charge in [0.1, 0.15) is 11.6 Å². The van der Waals surface area contributed by atoms with Crippen LogP contribution in [0.5, 0.6) is 5.75 Å². The van der Waals surface area contributed by atoms with Gasteiger partial charge in [-0.05, 0) is 42.0 Å². The zero-order chi connectivity index (χ0) is 20.2. The number of hydrogen-bond donors (Lipinski definition) is 4. The average Bonchev–Trinajstić information content (AvgIpc) is 3.17. The highest BCUT2D eigenvalue weighted by molar-refractivity contribution is 6.04. The third-order valence-corrected chi connectivity index (χ3v) is 4.12. The van der Waals surface area contributed by atoms with E-state index in [4.69, 9.17) is 0 Å². The van der Waals surface area contributed by atoms with E-state index in [0.29, 0.717) is 5.52 Å². The van der Waals surface area contributed by atoms with Crippen molar-refractivity contribution >= 4 is 28.7 Å². The number of nitrogens with one attached hydrogen (secondary N) is 3. The largest absolute Gasteiger partial charge is 0.505 e. The highest BCUT2D eigenvalue weighted by Crippen LogP contribution is 2.15. The van der Waals surface area contributed by atoms with Gasteiger partial charge in [-0.25, -0.2) is 15.0 Å². The molecule has 0 bridgehead atoms. The Kier molecular flexibility index (Phi) is 4.85. The lowest BCUT2D eigenvalue weighted by molar-refractivity contribution is 0.0940. The molecule has 9 nitrogen and oxygen atoms in total. The van der Waals surface area contributed by atoms with E-state index in [-0.39, 0.29) is 35.5 Å². The number of imidazole rings is 1.